The van der Waals surface area contributed by atoms with E-state index in [2.05, 4.69) is 0 Å². The van der Waals surface area contributed by atoms with Crippen LogP contribution in [0.2, 0.25) is 0 Å². The average molecular weight is 182 g/mol. The van der Waals surface area contributed by atoms with Gasteiger partial charge in [-0.05, 0) is 42.6 Å². The van der Waals surface area contributed by atoms with Gasteiger partial charge >= 0.3 is 5.30 Å². The quantitative estimate of drug-likeness (QED) is 0.625. The van der Waals surface area contributed by atoms with Gasteiger partial charge < -0.3 is 4.74 Å². The number of thioether (sulfide) groups is 1. The van der Waals surface area contributed by atoms with Crippen LogP contribution in [0.25, 0.3) is 0 Å². The Hall–Kier alpha value is -0.960. The predicted molar refractivity (Wildman–Crippen MR) is 50.7 cm³/mol. The van der Waals surface area contributed by atoms with E-state index in [0.29, 0.717) is 5.75 Å². The van der Waals surface area contributed by atoms with Crippen molar-refractivity contribution in [1.29, 1.82) is 0 Å². The molecule has 64 valence electrons. The maximum Gasteiger partial charge on any atom is 0.372 e. The number of rotatable bonds is 1. The number of carbonyl (C=O) groups excluding carboxylic acids is 1. The lowest BCUT2D eigenvalue weighted by Crippen LogP contribution is -1.99. The number of hydrogen-bond acceptors (Lipinski definition) is 3. The van der Waals surface area contributed by atoms with E-state index in [1.165, 1.54) is 0 Å². The Morgan fingerprint density at radius 2 is 2.25 bits per heavy atom. The van der Waals surface area contributed by atoms with Crippen molar-refractivity contribution in [3.8, 4) is 5.75 Å². The molecule has 0 aliphatic heterocycles. The summed E-state index contributed by atoms with van der Waals surface area (Å²) >= 11 is 1.06. The third kappa shape index (κ3) is 2.58. The molecule has 0 saturated carbocycles. The molecule has 0 fully saturated rings. The number of ether oxygens (including phenoxy) is 1. The smallest absolute Gasteiger partial charge is 0.372 e. The van der Waals surface area contributed by atoms with Crippen LogP contribution in [0, 0.1) is 6.92 Å². The van der Waals surface area contributed by atoms with E-state index in [1.807, 2.05) is 25.1 Å². The highest BCUT2D eigenvalue weighted by Gasteiger charge is 2.00. The first-order chi connectivity index (χ1) is 5.72. The van der Waals surface area contributed by atoms with Crippen LogP contribution in [0.4, 0.5) is 4.79 Å². The number of aryl methyl sites for hydroxylation is 1. The summed E-state index contributed by atoms with van der Waals surface area (Å²) < 4.78 is 4.97. The van der Waals surface area contributed by atoms with Crippen LogP contribution in [0.5, 0.6) is 5.75 Å². The van der Waals surface area contributed by atoms with Gasteiger partial charge in [0.2, 0.25) is 0 Å². The lowest BCUT2D eigenvalue weighted by atomic mass is 10.2. The van der Waals surface area contributed by atoms with Gasteiger partial charge in [0.25, 0.3) is 0 Å². The fourth-order valence-electron chi connectivity index (χ4n) is 0.817. The maximum absolute atomic E-state index is 10.8. The predicted octanol–water partition coefficient (Wildman–Crippen LogP) is 2.86. The first-order valence-electron chi connectivity index (χ1n) is 3.55. The lowest BCUT2D eigenvalue weighted by Gasteiger charge is -2.01. The molecule has 1 aromatic carbocycles. The van der Waals surface area contributed by atoms with Crippen molar-refractivity contribution in [2.24, 2.45) is 0 Å². The van der Waals surface area contributed by atoms with Gasteiger partial charge in [-0.2, -0.15) is 0 Å². The molecular formula is C9H10O2S. The molecule has 0 unspecified atom stereocenters. The molecule has 0 radical (unpaired) electrons. The van der Waals surface area contributed by atoms with Crippen molar-refractivity contribution in [2.45, 2.75) is 6.92 Å². The van der Waals surface area contributed by atoms with Gasteiger partial charge in [0.15, 0.2) is 0 Å². The third-order valence-corrected chi connectivity index (χ3v) is 1.77. The second-order valence-electron chi connectivity index (χ2n) is 2.37. The normalized spacial score (nSPS) is 9.50. The molecule has 3 heteroatoms. The molecule has 0 saturated heterocycles. The molecule has 0 spiro atoms. The minimum atomic E-state index is -0.277. The Bertz CT molecular complexity index is 284. The van der Waals surface area contributed by atoms with Crippen LogP contribution >= 0.6 is 11.8 Å². The highest BCUT2D eigenvalue weighted by molar-refractivity contribution is 8.12. The third-order valence-electron chi connectivity index (χ3n) is 1.36. The molecule has 0 N–H and O–H groups in total. The van der Waals surface area contributed by atoms with E-state index in [9.17, 15) is 4.79 Å². The van der Waals surface area contributed by atoms with Gasteiger partial charge in [0, 0.05) is 0 Å². The standard InChI is InChI=1S/C9H10O2S/c1-7-4-3-5-8(6-7)11-9(10)12-2/h3-6H,1-2H3. The Kier molecular flexibility index (Phi) is 3.17. The van der Waals surface area contributed by atoms with Crippen molar-refractivity contribution in [3.05, 3.63) is 29.8 Å². The fourth-order valence-corrected chi connectivity index (χ4v) is 0.996. The zero-order chi connectivity index (χ0) is 8.97. The zero-order valence-corrected chi connectivity index (χ0v) is 7.85. The molecule has 0 bridgehead atoms. The topological polar surface area (TPSA) is 26.3 Å². The van der Waals surface area contributed by atoms with Crippen LogP contribution in [-0.2, 0) is 0 Å². The highest BCUT2D eigenvalue weighted by atomic mass is 32.2. The van der Waals surface area contributed by atoms with E-state index in [4.69, 9.17) is 4.74 Å². The molecule has 1 aromatic rings. The van der Waals surface area contributed by atoms with Gasteiger partial charge in [-0.3, -0.25) is 0 Å². The molecule has 0 amide bonds. The van der Waals surface area contributed by atoms with Crippen LogP contribution in [0.1, 0.15) is 5.56 Å². The molecule has 0 atom stereocenters. The summed E-state index contributed by atoms with van der Waals surface area (Å²) in [4.78, 5) is 10.8. The van der Waals surface area contributed by atoms with Crippen molar-refractivity contribution in [2.75, 3.05) is 6.26 Å². The first kappa shape index (κ1) is 9.13. The number of hydrogen-bond donors (Lipinski definition) is 0. The fraction of sp³-hybridized carbons (Fsp3) is 0.222. The summed E-state index contributed by atoms with van der Waals surface area (Å²) in [7, 11) is 0. The van der Waals surface area contributed by atoms with E-state index >= 15 is 0 Å². The zero-order valence-electron chi connectivity index (χ0n) is 7.03. The number of carbonyl (C=O) groups is 1. The molecular weight excluding hydrogens is 172 g/mol. The maximum atomic E-state index is 10.8. The van der Waals surface area contributed by atoms with Gasteiger partial charge in [-0.25, -0.2) is 4.79 Å². The summed E-state index contributed by atoms with van der Waals surface area (Å²) in [5, 5.41) is -0.277. The van der Waals surface area contributed by atoms with Crippen LogP contribution < -0.4 is 4.74 Å². The molecule has 12 heavy (non-hydrogen) atoms. The van der Waals surface area contributed by atoms with Gasteiger partial charge in [-0.15, -0.1) is 0 Å². The van der Waals surface area contributed by atoms with Crippen molar-refractivity contribution >= 4 is 17.1 Å². The van der Waals surface area contributed by atoms with Crippen molar-refractivity contribution < 1.29 is 9.53 Å². The second kappa shape index (κ2) is 4.16. The average Bonchev–Trinajstić information content (AvgIpc) is 2.04. The SMILES string of the molecule is CSC(=O)Oc1cccc(C)c1. The minimum Gasteiger partial charge on any atom is -0.418 e. The summed E-state index contributed by atoms with van der Waals surface area (Å²) in [5.41, 5.74) is 1.08. The minimum absolute atomic E-state index is 0.277. The molecule has 0 heterocycles. The Labute approximate surface area is 75.9 Å². The Balaban J connectivity index is 2.69. The molecule has 0 aliphatic carbocycles. The van der Waals surface area contributed by atoms with Crippen molar-refractivity contribution in [1.82, 2.24) is 0 Å². The highest BCUT2D eigenvalue weighted by Crippen LogP contribution is 2.14. The Morgan fingerprint density at radius 1 is 1.50 bits per heavy atom. The van der Waals surface area contributed by atoms with E-state index in [0.717, 1.165) is 17.3 Å². The van der Waals surface area contributed by atoms with E-state index < -0.39 is 0 Å². The second-order valence-corrected chi connectivity index (χ2v) is 3.11. The van der Waals surface area contributed by atoms with Crippen LogP contribution in [0.15, 0.2) is 24.3 Å². The Morgan fingerprint density at radius 3 is 2.83 bits per heavy atom. The summed E-state index contributed by atoms with van der Waals surface area (Å²) in [6.07, 6.45) is 1.69. The van der Waals surface area contributed by atoms with Gasteiger partial charge in [0.1, 0.15) is 5.75 Å². The van der Waals surface area contributed by atoms with Crippen LogP contribution in [0.3, 0.4) is 0 Å². The van der Waals surface area contributed by atoms with Crippen molar-refractivity contribution in [3.63, 3.8) is 0 Å². The molecule has 2 nitrogen and oxygen atoms in total. The van der Waals surface area contributed by atoms with Gasteiger partial charge in [0.05, 0.1) is 0 Å². The van der Waals surface area contributed by atoms with E-state index in [-0.39, 0.29) is 5.30 Å². The van der Waals surface area contributed by atoms with Gasteiger partial charge in [-0.1, -0.05) is 12.1 Å². The van der Waals surface area contributed by atoms with E-state index in [1.54, 1.807) is 12.3 Å². The molecule has 1 rings (SSSR count). The summed E-state index contributed by atoms with van der Waals surface area (Å²) in [5.74, 6) is 0.606. The number of benzene rings is 1. The summed E-state index contributed by atoms with van der Waals surface area (Å²) in [6, 6.07) is 7.41. The lowest BCUT2D eigenvalue weighted by molar-refractivity contribution is 0.227. The largest absolute Gasteiger partial charge is 0.418 e. The monoisotopic (exact) mass is 182 g/mol. The summed E-state index contributed by atoms with van der Waals surface area (Å²) in [6.45, 7) is 1.95. The molecule has 0 aromatic heterocycles. The van der Waals surface area contributed by atoms with Crippen LogP contribution in [-0.4, -0.2) is 11.6 Å². The molecule has 0 aliphatic rings. The first-order valence-corrected chi connectivity index (χ1v) is 4.77.